The molecule has 3 N–H and O–H groups in total. The van der Waals surface area contributed by atoms with Gasteiger partial charge in [0.2, 0.25) is 0 Å². The summed E-state index contributed by atoms with van der Waals surface area (Å²) in [6.45, 7) is 2.09. The van der Waals surface area contributed by atoms with E-state index in [4.69, 9.17) is 17.4 Å². The Morgan fingerprint density at radius 1 is 1.28 bits per heavy atom. The molecule has 98 valence electrons. The zero-order valence-corrected chi connectivity index (χ0v) is 11.6. The van der Waals surface area contributed by atoms with Gasteiger partial charge in [0.05, 0.1) is 6.04 Å². The van der Waals surface area contributed by atoms with Crippen molar-refractivity contribution in [3.05, 3.63) is 46.0 Å². The molecule has 0 fully saturated rings. The average molecular weight is 265 g/mol. The van der Waals surface area contributed by atoms with Crippen LogP contribution in [-0.2, 0) is 0 Å². The predicted molar refractivity (Wildman–Crippen MR) is 77.4 cm³/mol. The molecule has 0 heterocycles. The van der Waals surface area contributed by atoms with Crippen molar-refractivity contribution in [2.24, 2.45) is 5.84 Å². The molecule has 0 radical (unpaired) electrons. The maximum Gasteiger partial charge on any atom is 0.0672 e. The lowest BCUT2D eigenvalue weighted by molar-refractivity contribution is 0.590. The summed E-state index contributed by atoms with van der Waals surface area (Å²) in [6.07, 6.45) is 8.52. The number of halogens is 1. The number of nitrogens with one attached hydrogen (secondary N) is 1. The Labute approximate surface area is 114 Å². The number of allylic oxidation sites excluding steroid dienone is 1. The first-order valence-corrected chi connectivity index (χ1v) is 7.01. The van der Waals surface area contributed by atoms with Crippen LogP contribution >= 0.6 is 11.6 Å². The van der Waals surface area contributed by atoms with Gasteiger partial charge in [0.15, 0.2) is 0 Å². The molecule has 0 bridgehead atoms. The van der Waals surface area contributed by atoms with E-state index in [1.54, 1.807) is 0 Å². The number of hydrogen-bond donors (Lipinski definition) is 2. The highest BCUT2D eigenvalue weighted by molar-refractivity contribution is 6.30. The van der Waals surface area contributed by atoms with E-state index < -0.39 is 0 Å². The molecule has 1 aliphatic carbocycles. The zero-order chi connectivity index (χ0) is 13.0. The maximum atomic E-state index is 6.01. The molecule has 1 aromatic rings. The van der Waals surface area contributed by atoms with Gasteiger partial charge in [0.1, 0.15) is 0 Å². The van der Waals surface area contributed by atoms with Crippen molar-refractivity contribution in [1.29, 1.82) is 0 Å². The minimum atomic E-state index is 0.125. The largest absolute Gasteiger partial charge is 0.271 e. The highest BCUT2D eigenvalue weighted by Crippen LogP contribution is 2.31. The van der Waals surface area contributed by atoms with E-state index in [2.05, 4.69) is 24.5 Å². The van der Waals surface area contributed by atoms with Crippen molar-refractivity contribution >= 4 is 11.6 Å². The van der Waals surface area contributed by atoms with Gasteiger partial charge in [0.25, 0.3) is 0 Å². The van der Waals surface area contributed by atoms with Crippen LogP contribution in [0, 0.1) is 6.92 Å². The van der Waals surface area contributed by atoms with Crippen LogP contribution in [0.15, 0.2) is 29.8 Å². The maximum absolute atomic E-state index is 6.01. The molecule has 0 saturated carbocycles. The van der Waals surface area contributed by atoms with Crippen molar-refractivity contribution in [2.45, 2.75) is 45.1 Å². The minimum absolute atomic E-state index is 0.125. The fraction of sp³-hybridized carbons (Fsp3) is 0.467. The van der Waals surface area contributed by atoms with Gasteiger partial charge in [-0.2, -0.15) is 0 Å². The van der Waals surface area contributed by atoms with Crippen molar-refractivity contribution < 1.29 is 0 Å². The molecular weight excluding hydrogens is 244 g/mol. The van der Waals surface area contributed by atoms with Crippen LogP contribution in [0.25, 0.3) is 0 Å². The Kier molecular flexibility index (Phi) is 4.81. The van der Waals surface area contributed by atoms with Gasteiger partial charge in [-0.05, 0) is 55.9 Å². The zero-order valence-electron chi connectivity index (χ0n) is 10.9. The van der Waals surface area contributed by atoms with Gasteiger partial charge in [-0.25, -0.2) is 5.43 Å². The van der Waals surface area contributed by atoms with Crippen LogP contribution in [0.1, 0.15) is 49.3 Å². The number of aryl methyl sites for hydroxylation is 1. The molecule has 0 amide bonds. The third-order valence-corrected chi connectivity index (χ3v) is 3.89. The average Bonchev–Trinajstić information content (AvgIpc) is 2.62. The van der Waals surface area contributed by atoms with Crippen molar-refractivity contribution in [1.82, 2.24) is 5.43 Å². The van der Waals surface area contributed by atoms with E-state index in [1.165, 1.54) is 42.4 Å². The third kappa shape index (κ3) is 3.14. The van der Waals surface area contributed by atoms with E-state index in [-0.39, 0.29) is 6.04 Å². The first-order valence-electron chi connectivity index (χ1n) is 6.63. The number of rotatable bonds is 3. The quantitative estimate of drug-likeness (QED) is 0.491. The van der Waals surface area contributed by atoms with Gasteiger partial charge in [-0.1, -0.05) is 35.7 Å². The lowest BCUT2D eigenvalue weighted by atomic mass is 9.93. The van der Waals surface area contributed by atoms with E-state index in [9.17, 15) is 0 Å². The van der Waals surface area contributed by atoms with Crippen LogP contribution in [-0.4, -0.2) is 0 Å². The molecule has 0 aromatic heterocycles. The number of hydrazine groups is 1. The topological polar surface area (TPSA) is 38.0 Å². The van der Waals surface area contributed by atoms with E-state index in [1.807, 2.05) is 12.1 Å². The lowest BCUT2D eigenvalue weighted by Gasteiger charge is -2.21. The van der Waals surface area contributed by atoms with Gasteiger partial charge in [-0.3, -0.25) is 5.84 Å². The van der Waals surface area contributed by atoms with Crippen LogP contribution in [0.3, 0.4) is 0 Å². The second kappa shape index (κ2) is 6.37. The van der Waals surface area contributed by atoms with Crippen molar-refractivity contribution in [2.75, 3.05) is 0 Å². The van der Waals surface area contributed by atoms with Crippen LogP contribution in [0.5, 0.6) is 0 Å². The first-order chi connectivity index (χ1) is 8.72. The third-order valence-electron chi connectivity index (χ3n) is 3.66. The van der Waals surface area contributed by atoms with Crippen molar-refractivity contribution in [3.63, 3.8) is 0 Å². The Balaban J connectivity index is 2.29. The number of hydrogen-bond acceptors (Lipinski definition) is 2. The Morgan fingerprint density at radius 3 is 2.83 bits per heavy atom. The molecule has 0 aliphatic heterocycles. The van der Waals surface area contributed by atoms with Gasteiger partial charge in [0, 0.05) is 5.02 Å². The number of benzene rings is 1. The summed E-state index contributed by atoms with van der Waals surface area (Å²) in [6, 6.07) is 6.14. The second-order valence-electron chi connectivity index (χ2n) is 4.98. The van der Waals surface area contributed by atoms with E-state index in [0.717, 1.165) is 11.4 Å². The normalized spacial score (nSPS) is 18.1. The summed E-state index contributed by atoms with van der Waals surface area (Å²) < 4.78 is 0. The molecule has 2 rings (SSSR count). The summed E-state index contributed by atoms with van der Waals surface area (Å²) in [7, 11) is 0. The fourth-order valence-electron chi connectivity index (χ4n) is 2.66. The van der Waals surface area contributed by atoms with Gasteiger partial charge >= 0.3 is 0 Å². The highest BCUT2D eigenvalue weighted by atomic mass is 35.5. The van der Waals surface area contributed by atoms with Gasteiger partial charge < -0.3 is 0 Å². The Morgan fingerprint density at radius 2 is 2.11 bits per heavy atom. The van der Waals surface area contributed by atoms with Gasteiger partial charge in [-0.15, -0.1) is 0 Å². The Hall–Kier alpha value is -0.830. The van der Waals surface area contributed by atoms with E-state index in [0.29, 0.717) is 0 Å². The molecule has 1 unspecified atom stereocenters. The molecule has 3 heteroatoms. The smallest absolute Gasteiger partial charge is 0.0672 e. The van der Waals surface area contributed by atoms with Crippen molar-refractivity contribution in [3.8, 4) is 0 Å². The molecule has 1 aromatic carbocycles. The molecule has 0 spiro atoms. The highest BCUT2D eigenvalue weighted by Gasteiger charge is 2.18. The second-order valence-corrected chi connectivity index (χ2v) is 5.42. The minimum Gasteiger partial charge on any atom is -0.271 e. The molecule has 1 atom stereocenters. The summed E-state index contributed by atoms with van der Waals surface area (Å²) in [5.74, 6) is 5.77. The summed E-state index contributed by atoms with van der Waals surface area (Å²) >= 11 is 6.01. The summed E-state index contributed by atoms with van der Waals surface area (Å²) in [5.41, 5.74) is 6.80. The summed E-state index contributed by atoms with van der Waals surface area (Å²) in [4.78, 5) is 0. The van der Waals surface area contributed by atoms with Crippen LogP contribution < -0.4 is 11.3 Å². The number of nitrogens with two attached hydrogens (primary N) is 1. The molecule has 1 aliphatic rings. The lowest BCUT2D eigenvalue weighted by Crippen LogP contribution is -2.30. The first kappa shape index (κ1) is 13.6. The molecular formula is C15H21ClN2. The van der Waals surface area contributed by atoms with Crippen LogP contribution in [0.4, 0.5) is 0 Å². The van der Waals surface area contributed by atoms with Crippen LogP contribution in [0.2, 0.25) is 5.02 Å². The molecule has 18 heavy (non-hydrogen) atoms. The molecule has 0 saturated heterocycles. The SMILES string of the molecule is Cc1cc(Cl)ccc1C(NN)C1=CCCCCC1. The fourth-order valence-corrected chi connectivity index (χ4v) is 2.89. The monoisotopic (exact) mass is 264 g/mol. The van der Waals surface area contributed by atoms with E-state index >= 15 is 0 Å². The molecule has 2 nitrogen and oxygen atoms in total. The standard InChI is InChI=1S/C15H21ClN2/c1-11-10-13(16)8-9-14(11)15(18-17)12-6-4-2-3-5-7-12/h6,8-10,15,18H,2-5,7,17H2,1H3. The predicted octanol–water partition coefficient (Wildman–Crippen LogP) is 4.04. The Bertz CT molecular complexity index is 440. The summed E-state index contributed by atoms with van der Waals surface area (Å²) in [5, 5.41) is 0.780.